The molecular weight excluding hydrogens is 401 g/mol. The van der Waals surface area contributed by atoms with Crippen LogP contribution in [0.3, 0.4) is 0 Å². The van der Waals surface area contributed by atoms with Crippen molar-refractivity contribution in [3.63, 3.8) is 0 Å². The molecule has 0 saturated carbocycles. The van der Waals surface area contributed by atoms with Crippen LogP contribution in [-0.4, -0.2) is 48.5 Å². The van der Waals surface area contributed by atoms with E-state index in [2.05, 4.69) is 26.9 Å². The number of alkyl halides is 1. The molecule has 0 radical (unpaired) electrons. The maximum Gasteiger partial charge on any atom is 0.136 e. The number of ether oxygens (including phenoxy) is 1. The van der Waals surface area contributed by atoms with Crippen molar-refractivity contribution in [2.24, 2.45) is 0 Å². The number of anilines is 1. The average Bonchev–Trinajstić information content (AvgIpc) is 2.79. The molecule has 2 heterocycles. The zero-order valence-corrected chi connectivity index (χ0v) is 18.0. The Morgan fingerprint density at radius 1 is 1.13 bits per heavy atom. The van der Waals surface area contributed by atoms with E-state index in [1.54, 1.807) is 13.2 Å². The first-order valence-corrected chi connectivity index (χ1v) is 10.9. The molecule has 1 aliphatic heterocycles. The largest absolute Gasteiger partial charge is 0.497 e. The van der Waals surface area contributed by atoms with E-state index < -0.39 is 0 Å². The Bertz CT molecular complexity index is 974. The number of rotatable bonds is 7. The Morgan fingerprint density at radius 2 is 1.90 bits per heavy atom. The van der Waals surface area contributed by atoms with Crippen LogP contribution in [0.15, 0.2) is 54.7 Å². The van der Waals surface area contributed by atoms with Gasteiger partial charge in [0.2, 0.25) is 0 Å². The SMILES string of the molecule is COc1ccc(CN(CCCl)C2CCN(c3nccc4ccc(F)cc34)CC2)cc1. The van der Waals surface area contributed by atoms with Crippen molar-refractivity contribution in [2.75, 3.05) is 37.5 Å². The molecule has 1 aromatic heterocycles. The number of fused-ring (bicyclic) bond motifs is 1. The van der Waals surface area contributed by atoms with Crippen LogP contribution in [0.2, 0.25) is 0 Å². The summed E-state index contributed by atoms with van der Waals surface area (Å²) in [6.45, 7) is 3.53. The monoisotopic (exact) mass is 427 g/mol. The Labute approximate surface area is 182 Å². The fraction of sp³-hybridized carbons (Fsp3) is 0.375. The summed E-state index contributed by atoms with van der Waals surface area (Å²) in [5, 5.41) is 1.90. The van der Waals surface area contributed by atoms with E-state index in [0.717, 1.165) is 61.4 Å². The molecule has 1 saturated heterocycles. The summed E-state index contributed by atoms with van der Waals surface area (Å²) >= 11 is 6.12. The molecule has 2 aromatic carbocycles. The molecule has 0 aliphatic carbocycles. The second-order valence-corrected chi connectivity index (χ2v) is 8.10. The maximum absolute atomic E-state index is 13.8. The number of hydrogen-bond acceptors (Lipinski definition) is 4. The third kappa shape index (κ3) is 4.68. The summed E-state index contributed by atoms with van der Waals surface area (Å²) in [5.74, 6) is 2.14. The lowest BCUT2D eigenvalue weighted by atomic mass is 10.0. The van der Waals surface area contributed by atoms with Crippen LogP contribution in [-0.2, 0) is 6.54 Å². The predicted molar refractivity (Wildman–Crippen MR) is 121 cm³/mol. The van der Waals surface area contributed by atoms with Crippen LogP contribution in [0.4, 0.5) is 10.2 Å². The Morgan fingerprint density at radius 3 is 2.60 bits per heavy atom. The quantitative estimate of drug-likeness (QED) is 0.491. The Kier molecular flexibility index (Phi) is 6.70. The van der Waals surface area contributed by atoms with E-state index in [1.165, 1.54) is 11.6 Å². The fourth-order valence-corrected chi connectivity index (χ4v) is 4.50. The molecule has 0 N–H and O–H groups in total. The molecular formula is C24H27ClFN3O. The van der Waals surface area contributed by atoms with Gasteiger partial charge in [-0.05, 0) is 54.1 Å². The van der Waals surface area contributed by atoms with Gasteiger partial charge in [-0.1, -0.05) is 18.2 Å². The zero-order valence-electron chi connectivity index (χ0n) is 17.2. The van der Waals surface area contributed by atoms with Crippen LogP contribution in [0, 0.1) is 5.82 Å². The first-order valence-electron chi connectivity index (χ1n) is 10.4. The first kappa shape index (κ1) is 20.9. The predicted octanol–water partition coefficient (Wildman–Crippen LogP) is 5.09. The molecule has 1 fully saturated rings. The number of methoxy groups -OCH3 is 1. The lowest BCUT2D eigenvalue weighted by Crippen LogP contribution is -2.45. The molecule has 4 nitrogen and oxygen atoms in total. The second kappa shape index (κ2) is 9.63. The van der Waals surface area contributed by atoms with Gasteiger partial charge in [0.05, 0.1) is 7.11 Å². The average molecular weight is 428 g/mol. The standard InChI is InChI=1S/C24H27ClFN3O/c1-30-22-6-2-18(3-7-22)17-29(15-11-25)21-9-13-28(14-10-21)24-23-16-20(26)5-4-19(23)8-12-27-24/h2-8,12,16,21H,9-11,13-15,17H2,1H3. The Hall–Kier alpha value is -2.37. The molecule has 0 spiro atoms. The van der Waals surface area contributed by atoms with E-state index in [4.69, 9.17) is 16.3 Å². The van der Waals surface area contributed by atoms with Gasteiger partial charge in [0, 0.05) is 49.7 Å². The van der Waals surface area contributed by atoms with Crippen LogP contribution in [0.5, 0.6) is 5.75 Å². The highest BCUT2D eigenvalue weighted by molar-refractivity contribution is 6.18. The number of benzene rings is 2. The molecule has 0 bridgehead atoms. The number of hydrogen-bond donors (Lipinski definition) is 0. The van der Waals surface area contributed by atoms with Crippen LogP contribution in [0.25, 0.3) is 10.8 Å². The van der Waals surface area contributed by atoms with Crippen LogP contribution < -0.4 is 9.64 Å². The van der Waals surface area contributed by atoms with E-state index in [0.29, 0.717) is 11.9 Å². The molecule has 1 aliphatic rings. The smallest absolute Gasteiger partial charge is 0.136 e. The first-order chi connectivity index (χ1) is 14.7. The van der Waals surface area contributed by atoms with Gasteiger partial charge in [0.25, 0.3) is 0 Å². The molecule has 3 aromatic rings. The summed E-state index contributed by atoms with van der Waals surface area (Å²) in [7, 11) is 1.68. The van der Waals surface area contributed by atoms with Crippen molar-refractivity contribution >= 4 is 28.2 Å². The summed E-state index contributed by atoms with van der Waals surface area (Å²) in [4.78, 5) is 9.33. The van der Waals surface area contributed by atoms with Crippen LogP contribution >= 0.6 is 11.6 Å². The van der Waals surface area contributed by atoms with Crippen LogP contribution in [0.1, 0.15) is 18.4 Å². The van der Waals surface area contributed by atoms with Gasteiger partial charge in [0.15, 0.2) is 0 Å². The van der Waals surface area contributed by atoms with Crippen molar-refractivity contribution in [2.45, 2.75) is 25.4 Å². The summed E-state index contributed by atoms with van der Waals surface area (Å²) in [5.41, 5.74) is 1.26. The third-order valence-corrected chi connectivity index (χ3v) is 6.07. The number of pyridine rings is 1. The van der Waals surface area contributed by atoms with Crippen molar-refractivity contribution in [3.8, 4) is 5.75 Å². The van der Waals surface area contributed by atoms with Gasteiger partial charge in [0.1, 0.15) is 17.4 Å². The lowest BCUT2D eigenvalue weighted by Gasteiger charge is -2.39. The lowest BCUT2D eigenvalue weighted by molar-refractivity contribution is 0.170. The van der Waals surface area contributed by atoms with Gasteiger partial charge in [-0.2, -0.15) is 0 Å². The minimum Gasteiger partial charge on any atom is -0.497 e. The summed E-state index contributed by atoms with van der Waals surface area (Å²) in [6, 6.07) is 15.5. The van der Waals surface area contributed by atoms with Crippen molar-refractivity contribution in [1.82, 2.24) is 9.88 Å². The summed E-state index contributed by atoms with van der Waals surface area (Å²) in [6.07, 6.45) is 3.87. The van der Waals surface area contributed by atoms with Crippen molar-refractivity contribution in [1.29, 1.82) is 0 Å². The molecule has 0 unspecified atom stereocenters. The molecule has 0 atom stereocenters. The van der Waals surface area contributed by atoms with Gasteiger partial charge in [-0.15, -0.1) is 11.6 Å². The van der Waals surface area contributed by atoms with Crippen molar-refractivity contribution < 1.29 is 9.13 Å². The van der Waals surface area contributed by atoms with E-state index in [9.17, 15) is 4.39 Å². The third-order valence-electron chi connectivity index (χ3n) is 5.90. The minimum absolute atomic E-state index is 0.223. The highest BCUT2D eigenvalue weighted by Gasteiger charge is 2.26. The van der Waals surface area contributed by atoms with Gasteiger partial charge in [-0.3, -0.25) is 4.90 Å². The van der Waals surface area contributed by atoms with Gasteiger partial charge >= 0.3 is 0 Å². The molecule has 158 valence electrons. The normalized spacial score (nSPS) is 15.1. The zero-order chi connectivity index (χ0) is 20.9. The number of piperidine rings is 1. The number of aromatic nitrogens is 1. The van der Waals surface area contributed by atoms with E-state index in [-0.39, 0.29) is 5.82 Å². The number of halogens is 2. The van der Waals surface area contributed by atoms with Gasteiger partial charge < -0.3 is 9.64 Å². The Balaban J connectivity index is 1.45. The number of nitrogens with zero attached hydrogens (tertiary/aromatic N) is 3. The minimum atomic E-state index is -0.223. The molecule has 30 heavy (non-hydrogen) atoms. The van der Waals surface area contributed by atoms with E-state index >= 15 is 0 Å². The maximum atomic E-state index is 13.8. The second-order valence-electron chi connectivity index (χ2n) is 7.73. The topological polar surface area (TPSA) is 28.6 Å². The highest BCUT2D eigenvalue weighted by Crippen LogP contribution is 2.29. The highest BCUT2D eigenvalue weighted by atomic mass is 35.5. The fourth-order valence-electron chi connectivity index (χ4n) is 4.28. The summed E-state index contributed by atoms with van der Waals surface area (Å²) < 4.78 is 19.1. The van der Waals surface area contributed by atoms with Gasteiger partial charge in [-0.25, -0.2) is 9.37 Å². The van der Waals surface area contributed by atoms with E-state index in [1.807, 2.05) is 30.5 Å². The van der Waals surface area contributed by atoms with Crippen molar-refractivity contribution in [3.05, 3.63) is 66.1 Å². The molecule has 4 rings (SSSR count). The molecule has 0 amide bonds. The molecule has 6 heteroatoms.